The van der Waals surface area contributed by atoms with Gasteiger partial charge >= 0.3 is 5.95 Å². The van der Waals surface area contributed by atoms with Crippen LogP contribution >= 0.6 is 0 Å². The Balaban J connectivity index is 1.44. The first-order chi connectivity index (χ1) is 15.2. The number of anilines is 1. The molecule has 3 aromatic rings. The number of nitrogens with two attached hydrogens (primary N) is 1. The standard InChI is InChI=1S/C23H30N4O4/c1-29-19-6-8-20(9-7-19)31-17-18(28)16-27-22-5-3-2-4-21(22)26(23(27)24)11-10-25-12-14-30-15-13-25/h2-9,18,24,28H,10-17H2,1H3/p+2/t18-/m1/s1. The summed E-state index contributed by atoms with van der Waals surface area (Å²) in [5, 5.41) is 10.6. The van der Waals surface area contributed by atoms with Crippen LogP contribution in [0.5, 0.6) is 11.5 Å². The molecule has 0 bridgehead atoms. The van der Waals surface area contributed by atoms with Gasteiger partial charge in [-0.3, -0.25) is 5.73 Å². The molecule has 0 amide bonds. The van der Waals surface area contributed by atoms with Gasteiger partial charge in [0.1, 0.15) is 68.0 Å². The quantitative estimate of drug-likeness (QED) is 0.414. The summed E-state index contributed by atoms with van der Waals surface area (Å²) < 4.78 is 20.5. The summed E-state index contributed by atoms with van der Waals surface area (Å²) in [7, 11) is 1.62. The fraction of sp³-hybridized carbons (Fsp3) is 0.435. The second-order valence-corrected chi connectivity index (χ2v) is 7.86. The molecule has 1 aliphatic heterocycles. The van der Waals surface area contributed by atoms with E-state index in [9.17, 15) is 5.11 Å². The molecule has 0 spiro atoms. The van der Waals surface area contributed by atoms with Crippen LogP contribution in [0.15, 0.2) is 48.5 Å². The van der Waals surface area contributed by atoms with Gasteiger partial charge in [0.2, 0.25) is 0 Å². The third kappa shape index (κ3) is 5.10. The zero-order valence-corrected chi connectivity index (χ0v) is 18.0. The zero-order valence-electron chi connectivity index (χ0n) is 18.0. The number of methoxy groups -OCH3 is 1. The average Bonchev–Trinajstić information content (AvgIpc) is 3.08. The molecule has 31 heavy (non-hydrogen) atoms. The van der Waals surface area contributed by atoms with E-state index in [2.05, 4.69) is 10.6 Å². The van der Waals surface area contributed by atoms with Crippen molar-refractivity contribution in [3.05, 3.63) is 48.5 Å². The summed E-state index contributed by atoms with van der Waals surface area (Å²) in [5.74, 6) is 2.11. The summed E-state index contributed by atoms with van der Waals surface area (Å²) in [6, 6.07) is 15.5. The third-order valence-corrected chi connectivity index (χ3v) is 5.80. The van der Waals surface area contributed by atoms with E-state index in [4.69, 9.17) is 19.9 Å². The number of ether oxygens (including phenoxy) is 3. The molecule has 1 fully saturated rings. The van der Waals surface area contributed by atoms with Crippen LogP contribution in [0.2, 0.25) is 0 Å². The van der Waals surface area contributed by atoms with Gasteiger partial charge in [0, 0.05) is 0 Å². The number of hydrogen-bond acceptors (Lipinski definition) is 5. The monoisotopic (exact) mass is 428 g/mol. The minimum atomic E-state index is -0.696. The molecule has 0 radical (unpaired) electrons. The fourth-order valence-electron chi connectivity index (χ4n) is 4.05. The van der Waals surface area contributed by atoms with Crippen molar-refractivity contribution >= 4 is 17.0 Å². The lowest BCUT2D eigenvalue weighted by Crippen LogP contribution is -3.14. The van der Waals surface area contributed by atoms with Crippen LogP contribution < -0.4 is 24.7 Å². The molecule has 0 unspecified atom stereocenters. The van der Waals surface area contributed by atoms with Gasteiger partial charge < -0.3 is 24.2 Å². The van der Waals surface area contributed by atoms with Gasteiger partial charge in [-0.1, -0.05) is 12.1 Å². The minimum absolute atomic E-state index is 0.177. The maximum atomic E-state index is 10.6. The molecule has 1 aliphatic rings. The molecular formula is C23H32N4O4+2. The number of aliphatic hydroxyl groups is 1. The van der Waals surface area contributed by atoms with Crippen LogP contribution in [0.1, 0.15) is 0 Å². The van der Waals surface area contributed by atoms with Gasteiger partial charge in [-0.25, -0.2) is 9.13 Å². The molecule has 1 saturated heterocycles. The number of hydrogen-bond donors (Lipinski definition) is 3. The lowest BCUT2D eigenvalue weighted by molar-refractivity contribution is -0.908. The summed E-state index contributed by atoms with van der Waals surface area (Å²) in [6.07, 6.45) is -0.696. The largest absolute Gasteiger partial charge is 0.497 e. The summed E-state index contributed by atoms with van der Waals surface area (Å²) in [4.78, 5) is 1.53. The van der Waals surface area contributed by atoms with Crippen LogP contribution in [0.25, 0.3) is 11.0 Å². The van der Waals surface area contributed by atoms with Crippen LogP contribution in [0.4, 0.5) is 5.95 Å². The highest BCUT2D eigenvalue weighted by molar-refractivity contribution is 5.73. The molecule has 2 heterocycles. The summed E-state index contributed by atoms with van der Waals surface area (Å²) in [6.45, 7) is 6.05. The van der Waals surface area contributed by atoms with Crippen LogP contribution in [0, 0.1) is 0 Å². The number of aliphatic hydroxyl groups excluding tert-OH is 1. The molecule has 8 heteroatoms. The number of fused-ring (bicyclic) bond motifs is 1. The number of aromatic nitrogens is 2. The fourth-order valence-corrected chi connectivity index (χ4v) is 4.05. The lowest BCUT2D eigenvalue weighted by atomic mass is 10.3. The number of morpholine rings is 1. The first-order valence-electron chi connectivity index (χ1n) is 10.8. The smallest absolute Gasteiger partial charge is 0.356 e. The SMILES string of the molecule is COc1ccc(OC[C@H](O)C[n+]2c(N)n(CC[NH+]3CCOCC3)c3ccccc32)cc1. The maximum absolute atomic E-state index is 10.6. The van der Waals surface area contributed by atoms with Crippen molar-refractivity contribution in [1.82, 2.24) is 4.57 Å². The molecule has 166 valence electrons. The van der Waals surface area contributed by atoms with E-state index in [1.165, 1.54) is 4.90 Å². The summed E-state index contributed by atoms with van der Waals surface area (Å²) in [5.41, 5.74) is 8.64. The molecule has 0 aliphatic carbocycles. The van der Waals surface area contributed by atoms with E-state index in [0.29, 0.717) is 18.2 Å². The predicted octanol–water partition coefficient (Wildman–Crippen LogP) is -0.125. The van der Waals surface area contributed by atoms with Gasteiger partial charge in [-0.15, -0.1) is 0 Å². The van der Waals surface area contributed by atoms with Gasteiger partial charge in [-0.2, -0.15) is 0 Å². The van der Waals surface area contributed by atoms with Crippen LogP contribution in [0.3, 0.4) is 0 Å². The number of para-hydroxylation sites is 2. The topological polar surface area (TPSA) is 87.2 Å². The van der Waals surface area contributed by atoms with Crippen molar-refractivity contribution in [2.24, 2.45) is 0 Å². The highest BCUT2D eigenvalue weighted by atomic mass is 16.5. The second kappa shape index (κ2) is 10.00. The van der Waals surface area contributed by atoms with Gasteiger partial charge in [0.15, 0.2) is 0 Å². The van der Waals surface area contributed by atoms with Crippen molar-refractivity contribution in [2.45, 2.75) is 19.2 Å². The van der Waals surface area contributed by atoms with Gasteiger partial charge in [0.05, 0.1) is 20.3 Å². The number of benzene rings is 2. The van der Waals surface area contributed by atoms with E-state index in [1.54, 1.807) is 7.11 Å². The average molecular weight is 429 g/mol. The highest BCUT2D eigenvalue weighted by Gasteiger charge is 2.24. The Labute approximate surface area is 182 Å². The van der Waals surface area contributed by atoms with E-state index in [0.717, 1.165) is 56.2 Å². The number of nitrogens with zero attached hydrogens (tertiary/aromatic N) is 2. The van der Waals surface area contributed by atoms with E-state index in [-0.39, 0.29) is 6.61 Å². The Bertz CT molecular complexity index is 983. The number of rotatable bonds is 9. The predicted molar refractivity (Wildman–Crippen MR) is 117 cm³/mol. The molecule has 1 aromatic heterocycles. The number of quaternary nitrogens is 1. The maximum Gasteiger partial charge on any atom is 0.356 e. The van der Waals surface area contributed by atoms with E-state index in [1.807, 2.05) is 47.0 Å². The van der Waals surface area contributed by atoms with Crippen molar-refractivity contribution < 1.29 is 28.8 Å². The van der Waals surface area contributed by atoms with Crippen molar-refractivity contribution in [2.75, 3.05) is 52.3 Å². The number of nitrogen functional groups attached to an aromatic ring is 1. The first-order valence-corrected chi connectivity index (χ1v) is 10.8. The van der Waals surface area contributed by atoms with Crippen LogP contribution in [-0.4, -0.2) is 62.3 Å². The molecule has 2 aromatic carbocycles. The van der Waals surface area contributed by atoms with Crippen molar-refractivity contribution in [1.29, 1.82) is 0 Å². The number of nitrogens with one attached hydrogen (secondary N) is 1. The summed E-state index contributed by atoms with van der Waals surface area (Å²) >= 11 is 0. The Morgan fingerprint density at radius 3 is 2.58 bits per heavy atom. The van der Waals surface area contributed by atoms with Crippen molar-refractivity contribution in [3.63, 3.8) is 0 Å². The van der Waals surface area contributed by atoms with Gasteiger partial charge in [-0.05, 0) is 36.4 Å². The first kappa shape index (κ1) is 21.4. The lowest BCUT2D eigenvalue weighted by Gasteiger charge is -2.23. The molecule has 4 rings (SSSR count). The van der Waals surface area contributed by atoms with Gasteiger partial charge in [0.25, 0.3) is 0 Å². The Morgan fingerprint density at radius 1 is 1.13 bits per heavy atom. The third-order valence-electron chi connectivity index (χ3n) is 5.80. The molecule has 1 atom stereocenters. The Hall–Kier alpha value is -2.81. The second-order valence-electron chi connectivity index (χ2n) is 7.86. The molecular weight excluding hydrogens is 396 g/mol. The zero-order chi connectivity index (χ0) is 21.6. The number of imidazole rings is 1. The normalized spacial score (nSPS) is 15.8. The van der Waals surface area contributed by atoms with E-state index < -0.39 is 6.10 Å². The Kier molecular flexibility index (Phi) is 6.91. The molecule has 0 saturated carbocycles. The van der Waals surface area contributed by atoms with E-state index >= 15 is 0 Å². The highest BCUT2D eigenvalue weighted by Crippen LogP contribution is 2.18. The molecule has 4 N–H and O–H groups in total. The van der Waals surface area contributed by atoms with Crippen LogP contribution in [-0.2, 0) is 17.8 Å². The Morgan fingerprint density at radius 2 is 1.84 bits per heavy atom. The van der Waals surface area contributed by atoms with Crippen molar-refractivity contribution in [3.8, 4) is 11.5 Å². The molecule has 8 nitrogen and oxygen atoms in total. The minimum Gasteiger partial charge on any atom is -0.497 e.